The van der Waals surface area contributed by atoms with Crippen molar-refractivity contribution in [1.82, 2.24) is 4.98 Å². The lowest BCUT2D eigenvalue weighted by molar-refractivity contribution is 0.0735. The lowest BCUT2D eigenvalue weighted by Crippen LogP contribution is -2.11. The summed E-state index contributed by atoms with van der Waals surface area (Å²) in [6.45, 7) is 1.91. The van der Waals surface area contributed by atoms with E-state index in [1.807, 2.05) is 43.3 Å². The number of halogens is 2. The second-order valence-electron chi connectivity index (χ2n) is 4.79. The van der Waals surface area contributed by atoms with Crippen LogP contribution in [0.1, 0.15) is 16.1 Å². The van der Waals surface area contributed by atoms with Gasteiger partial charge in [-0.3, -0.25) is 0 Å². The summed E-state index contributed by atoms with van der Waals surface area (Å²) >= 11 is 5.50. The van der Waals surface area contributed by atoms with Crippen molar-refractivity contribution in [2.45, 2.75) is 6.92 Å². The highest BCUT2D eigenvalue weighted by Crippen LogP contribution is 2.26. The molecule has 2 aromatic carbocycles. The van der Waals surface area contributed by atoms with Gasteiger partial charge in [0.25, 0.3) is 0 Å². The molecule has 1 heterocycles. The summed E-state index contributed by atoms with van der Waals surface area (Å²) in [5.41, 5.74) is 2.11. The molecule has 1 aromatic heterocycles. The first-order chi connectivity index (χ1) is 10.5. The fourth-order valence-corrected chi connectivity index (χ4v) is 3.03. The molecule has 110 valence electrons. The van der Waals surface area contributed by atoms with Gasteiger partial charge in [0.2, 0.25) is 0 Å². The number of aryl methyl sites for hydroxylation is 1. The van der Waals surface area contributed by atoms with Crippen molar-refractivity contribution < 1.29 is 9.53 Å². The van der Waals surface area contributed by atoms with Gasteiger partial charge in [-0.1, -0.05) is 34.1 Å². The number of hydrogen-bond donors (Lipinski definition) is 0. The van der Waals surface area contributed by atoms with E-state index in [0.29, 0.717) is 16.8 Å². The molecular weight excluding hydrogens is 457 g/mol. The fourth-order valence-electron chi connectivity index (χ4n) is 2.11. The maximum Gasteiger partial charge on any atom is 0.344 e. The molecule has 22 heavy (non-hydrogen) atoms. The van der Waals surface area contributed by atoms with E-state index in [2.05, 4.69) is 43.5 Å². The molecule has 0 N–H and O–H groups in total. The first kappa shape index (κ1) is 15.4. The van der Waals surface area contributed by atoms with E-state index in [0.717, 1.165) is 19.1 Å². The number of ether oxygens (including phenoxy) is 1. The molecule has 0 aliphatic carbocycles. The normalized spacial score (nSPS) is 10.7. The minimum Gasteiger partial charge on any atom is -0.421 e. The summed E-state index contributed by atoms with van der Waals surface area (Å²) in [6, 6.07) is 15.0. The Morgan fingerprint density at radius 3 is 2.82 bits per heavy atom. The Labute approximate surface area is 150 Å². The zero-order valence-corrected chi connectivity index (χ0v) is 15.4. The molecule has 0 atom stereocenters. The Balaban J connectivity index is 2.01. The number of benzene rings is 2. The lowest BCUT2D eigenvalue weighted by Gasteiger charge is -2.09. The maximum absolute atomic E-state index is 12.4. The van der Waals surface area contributed by atoms with E-state index >= 15 is 0 Å². The molecule has 0 aliphatic rings. The zero-order chi connectivity index (χ0) is 15.7. The Bertz CT molecular complexity index is 880. The van der Waals surface area contributed by atoms with E-state index < -0.39 is 0 Å². The van der Waals surface area contributed by atoms with Crippen molar-refractivity contribution in [3.63, 3.8) is 0 Å². The number of nitrogens with zero attached hydrogens (tertiary/aromatic N) is 1. The molecule has 0 bridgehead atoms. The van der Waals surface area contributed by atoms with Gasteiger partial charge < -0.3 is 4.74 Å². The van der Waals surface area contributed by atoms with Crippen molar-refractivity contribution >= 4 is 55.4 Å². The smallest absolute Gasteiger partial charge is 0.344 e. The van der Waals surface area contributed by atoms with Gasteiger partial charge in [-0.2, -0.15) is 0 Å². The standard InChI is InChI=1S/C17H11BrINO2/c1-10-5-6-11-3-2-4-15(16(11)20-10)22-17(21)13-9-12(18)7-8-14(13)19/h2-9H,1H3. The van der Waals surface area contributed by atoms with Crippen LogP contribution in [0.2, 0.25) is 0 Å². The average Bonchev–Trinajstić information content (AvgIpc) is 2.50. The molecule has 0 saturated heterocycles. The van der Waals surface area contributed by atoms with Crippen molar-refractivity contribution in [3.8, 4) is 5.75 Å². The molecular formula is C17H11BrINO2. The number of carbonyl (C=O) groups is 1. The van der Waals surface area contributed by atoms with Crippen LogP contribution in [0.3, 0.4) is 0 Å². The third kappa shape index (κ3) is 3.15. The molecule has 0 saturated carbocycles. The topological polar surface area (TPSA) is 39.2 Å². The summed E-state index contributed by atoms with van der Waals surface area (Å²) in [5.74, 6) is 0.0866. The van der Waals surface area contributed by atoms with Crippen LogP contribution < -0.4 is 4.74 Å². The van der Waals surface area contributed by atoms with E-state index in [4.69, 9.17) is 4.74 Å². The minimum absolute atomic E-state index is 0.387. The van der Waals surface area contributed by atoms with Gasteiger partial charge in [-0.05, 0) is 59.8 Å². The van der Waals surface area contributed by atoms with Crippen LogP contribution in [0.15, 0.2) is 53.0 Å². The largest absolute Gasteiger partial charge is 0.421 e. The summed E-state index contributed by atoms with van der Waals surface area (Å²) in [7, 11) is 0. The molecule has 0 aliphatic heterocycles. The SMILES string of the molecule is Cc1ccc2cccc(OC(=O)c3cc(Br)ccc3I)c2n1. The molecule has 0 unspecified atom stereocenters. The van der Waals surface area contributed by atoms with Gasteiger partial charge in [0.15, 0.2) is 5.75 Å². The van der Waals surface area contributed by atoms with Crippen LogP contribution in [0.25, 0.3) is 10.9 Å². The highest BCUT2D eigenvalue weighted by Gasteiger charge is 2.15. The van der Waals surface area contributed by atoms with Crippen LogP contribution in [-0.4, -0.2) is 11.0 Å². The first-order valence-electron chi connectivity index (χ1n) is 6.58. The van der Waals surface area contributed by atoms with Crippen LogP contribution in [0.4, 0.5) is 0 Å². The summed E-state index contributed by atoms with van der Waals surface area (Å²) in [6.07, 6.45) is 0. The van der Waals surface area contributed by atoms with Crippen molar-refractivity contribution in [2.24, 2.45) is 0 Å². The van der Waals surface area contributed by atoms with Gasteiger partial charge >= 0.3 is 5.97 Å². The quantitative estimate of drug-likeness (QED) is 0.298. The number of rotatable bonds is 2. The third-order valence-electron chi connectivity index (χ3n) is 3.17. The van der Waals surface area contributed by atoms with Crippen molar-refractivity contribution in [3.05, 3.63) is 67.8 Å². The van der Waals surface area contributed by atoms with E-state index in [9.17, 15) is 4.79 Å². The van der Waals surface area contributed by atoms with Crippen molar-refractivity contribution in [1.29, 1.82) is 0 Å². The number of carbonyl (C=O) groups excluding carboxylic acids is 1. The number of aromatic nitrogens is 1. The highest BCUT2D eigenvalue weighted by atomic mass is 127. The molecule has 3 rings (SSSR count). The van der Waals surface area contributed by atoms with Gasteiger partial charge in [-0.25, -0.2) is 9.78 Å². The monoisotopic (exact) mass is 467 g/mol. The number of pyridine rings is 1. The van der Waals surface area contributed by atoms with Crippen LogP contribution in [0.5, 0.6) is 5.75 Å². The fraction of sp³-hybridized carbons (Fsp3) is 0.0588. The van der Waals surface area contributed by atoms with E-state index in [1.54, 1.807) is 12.1 Å². The summed E-state index contributed by atoms with van der Waals surface area (Å²) in [4.78, 5) is 16.9. The third-order valence-corrected chi connectivity index (χ3v) is 4.61. The molecule has 3 aromatic rings. The summed E-state index contributed by atoms with van der Waals surface area (Å²) < 4.78 is 7.26. The summed E-state index contributed by atoms with van der Waals surface area (Å²) in [5, 5.41) is 0.944. The van der Waals surface area contributed by atoms with E-state index in [-0.39, 0.29) is 5.97 Å². The first-order valence-corrected chi connectivity index (χ1v) is 8.45. The van der Waals surface area contributed by atoms with Gasteiger partial charge in [0.05, 0.1) is 5.56 Å². The molecule has 0 radical (unpaired) electrons. The van der Waals surface area contributed by atoms with Crippen LogP contribution in [0, 0.1) is 10.5 Å². The zero-order valence-electron chi connectivity index (χ0n) is 11.6. The van der Waals surface area contributed by atoms with Crippen LogP contribution >= 0.6 is 38.5 Å². The lowest BCUT2D eigenvalue weighted by atomic mass is 10.2. The molecule has 0 spiro atoms. The van der Waals surface area contributed by atoms with Gasteiger partial charge in [0.1, 0.15) is 5.52 Å². The Kier molecular flexibility index (Phi) is 4.44. The Hall–Kier alpha value is -1.47. The second-order valence-corrected chi connectivity index (χ2v) is 6.87. The number of para-hydroxylation sites is 1. The number of fused-ring (bicyclic) bond motifs is 1. The van der Waals surface area contributed by atoms with Gasteiger partial charge in [-0.15, -0.1) is 0 Å². The molecule has 5 heteroatoms. The maximum atomic E-state index is 12.4. The minimum atomic E-state index is -0.387. The predicted molar refractivity (Wildman–Crippen MR) is 98.3 cm³/mol. The molecule has 0 amide bonds. The number of esters is 1. The van der Waals surface area contributed by atoms with Crippen LogP contribution in [-0.2, 0) is 0 Å². The molecule has 3 nitrogen and oxygen atoms in total. The number of hydrogen-bond acceptors (Lipinski definition) is 3. The van der Waals surface area contributed by atoms with E-state index in [1.165, 1.54) is 0 Å². The molecule has 0 fully saturated rings. The second kappa shape index (κ2) is 6.34. The van der Waals surface area contributed by atoms with Gasteiger partial charge in [0, 0.05) is 19.1 Å². The Morgan fingerprint density at radius 1 is 1.18 bits per heavy atom. The predicted octanol–water partition coefficient (Wildman–Crippen LogP) is 5.13. The average molecular weight is 468 g/mol. The highest BCUT2D eigenvalue weighted by molar-refractivity contribution is 14.1. The van der Waals surface area contributed by atoms with Crippen molar-refractivity contribution in [2.75, 3.05) is 0 Å². The Morgan fingerprint density at radius 2 is 2.00 bits per heavy atom.